The molecule has 2 aromatic rings. The first kappa shape index (κ1) is 22.6. The third kappa shape index (κ3) is 4.65. The van der Waals surface area contributed by atoms with Crippen LogP contribution in [-0.4, -0.2) is 57.6 Å². The Bertz CT molecular complexity index is 947. The molecule has 0 bridgehead atoms. The summed E-state index contributed by atoms with van der Waals surface area (Å²) in [6.07, 6.45) is 1.36. The van der Waals surface area contributed by atoms with Crippen LogP contribution in [0.4, 0.5) is 0 Å². The van der Waals surface area contributed by atoms with Gasteiger partial charge in [-0.05, 0) is 37.0 Å². The van der Waals surface area contributed by atoms with Gasteiger partial charge in [-0.1, -0.05) is 44.0 Å². The van der Waals surface area contributed by atoms with Crippen molar-refractivity contribution < 1.29 is 9.59 Å². The molecule has 0 radical (unpaired) electrons. The van der Waals surface area contributed by atoms with Gasteiger partial charge in [-0.2, -0.15) is 5.10 Å². The Morgan fingerprint density at radius 1 is 1.07 bits per heavy atom. The summed E-state index contributed by atoms with van der Waals surface area (Å²) < 4.78 is 1.82. The van der Waals surface area contributed by atoms with Crippen LogP contribution in [0.5, 0.6) is 0 Å². The number of halogens is 2. The van der Waals surface area contributed by atoms with E-state index in [4.69, 9.17) is 28.3 Å². The van der Waals surface area contributed by atoms with Crippen LogP contribution in [0.2, 0.25) is 10.0 Å². The molecule has 30 heavy (non-hydrogen) atoms. The van der Waals surface area contributed by atoms with Crippen molar-refractivity contribution >= 4 is 35.0 Å². The highest BCUT2D eigenvalue weighted by Crippen LogP contribution is 2.28. The zero-order valence-electron chi connectivity index (χ0n) is 17.9. The van der Waals surface area contributed by atoms with Gasteiger partial charge >= 0.3 is 0 Å². The molecule has 3 rings (SSSR count). The van der Waals surface area contributed by atoms with Crippen molar-refractivity contribution in [2.75, 3.05) is 26.2 Å². The molecule has 0 saturated carbocycles. The lowest BCUT2D eigenvalue weighted by Crippen LogP contribution is -2.50. The molecule has 162 valence electrons. The van der Waals surface area contributed by atoms with Crippen molar-refractivity contribution in [1.29, 1.82) is 0 Å². The van der Waals surface area contributed by atoms with Crippen LogP contribution >= 0.6 is 23.2 Å². The number of benzene rings is 1. The lowest BCUT2D eigenvalue weighted by Gasteiger charge is -2.34. The molecule has 6 nitrogen and oxygen atoms in total. The van der Waals surface area contributed by atoms with E-state index in [1.54, 1.807) is 24.0 Å². The maximum atomic E-state index is 13.5. The summed E-state index contributed by atoms with van der Waals surface area (Å²) in [6.45, 7) is 9.99. The monoisotopic (exact) mass is 450 g/mol. The van der Waals surface area contributed by atoms with E-state index in [1.165, 1.54) is 0 Å². The average molecular weight is 451 g/mol. The van der Waals surface area contributed by atoms with E-state index in [0.29, 0.717) is 60.5 Å². The second kappa shape index (κ2) is 9.40. The molecule has 0 atom stereocenters. The molecule has 1 saturated heterocycles. The Balaban J connectivity index is 2.01. The first-order chi connectivity index (χ1) is 14.2. The van der Waals surface area contributed by atoms with Gasteiger partial charge in [0.1, 0.15) is 0 Å². The Kier molecular flexibility index (Phi) is 7.09. The molecule has 1 aliphatic rings. The first-order valence-corrected chi connectivity index (χ1v) is 11.1. The Morgan fingerprint density at radius 3 is 2.23 bits per heavy atom. The predicted molar refractivity (Wildman–Crippen MR) is 120 cm³/mol. The summed E-state index contributed by atoms with van der Waals surface area (Å²) in [4.78, 5) is 28.8. The van der Waals surface area contributed by atoms with E-state index < -0.39 is 0 Å². The predicted octanol–water partition coefficient (Wildman–Crippen LogP) is 4.24. The van der Waals surface area contributed by atoms with Gasteiger partial charge in [0.2, 0.25) is 5.91 Å². The largest absolute Gasteiger partial charge is 0.339 e. The number of hydrogen-bond acceptors (Lipinski definition) is 3. The van der Waals surface area contributed by atoms with Gasteiger partial charge in [0.05, 0.1) is 32.7 Å². The highest BCUT2D eigenvalue weighted by atomic mass is 35.5. The van der Waals surface area contributed by atoms with Crippen LogP contribution < -0.4 is 0 Å². The molecule has 0 unspecified atom stereocenters. The minimum Gasteiger partial charge on any atom is -0.339 e. The van der Waals surface area contributed by atoms with Crippen molar-refractivity contribution in [3.63, 3.8) is 0 Å². The van der Waals surface area contributed by atoms with Gasteiger partial charge in [-0.15, -0.1) is 0 Å². The lowest BCUT2D eigenvalue weighted by molar-refractivity contribution is -0.130. The second-order valence-corrected chi connectivity index (χ2v) is 8.84. The molecule has 0 N–H and O–H groups in total. The van der Waals surface area contributed by atoms with E-state index in [9.17, 15) is 9.59 Å². The quantitative estimate of drug-likeness (QED) is 0.683. The number of amides is 2. The maximum Gasteiger partial charge on any atom is 0.257 e. The summed E-state index contributed by atoms with van der Waals surface area (Å²) in [5.41, 5.74) is 3.12. The fraction of sp³-hybridized carbons (Fsp3) is 0.500. The molecule has 0 spiro atoms. The Morgan fingerprint density at radius 2 is 1.70 bits per heavy atom. The first-order valence-electron chi connectivity index (χ1n) is 10.3. The van der Waals surface area contributed by atoms with E-state index in [0.717, 1.165) is 17.1 Å². The molecular weight excluding hydrogens is 423 g/mol. The van der Waals surface area contributed by atoms with Gasteiger partial charge in [-0.25, -0.2) is 4.68 Å². The third-order valence-electron chi connectivity index (χ3n) is 5.36. The molecule has 2 heterocycles. The van der Waals surface area contributed by atoms with E-state index in [2.05, 4.69) is 13.8 Å². The van der Waals surface area contributed by atoms with Crippen LogP contribution in [0.25, 0.3) is 5.69 Å². The van der Waals surface area contributed by atoms with Crippen LogP contribution in [0, 0.1) is 5.92 Å². The maximum absolute atomic E-state index is 13.5. The van der Waals surface area contributed by atoms with Crippen molar-refractivity contribution in [3.8, 4) is 5.69 Å². The highest BCUT2D eigenvalue weighted by molar-refractivity contribution is 6.42. The number of nitrogens with zero attached hydrogens (tertiary/aromatic N) is 4. The smallest absolute Gasteiger partial charge is 0.257 e. The number of carbonyl (C=O) groups is 2. The summed E-state index contributed by atoms with van der Waals surface area (Å²) in [7, 11) is 0. The van der Waals surface area contributed by atoms with Gasteiger partial charge in [0.15, 0.2) is 0 Å². The zero-order valence-corrected chi connectivity index (χ0v) is 19.4. The summed E-state index contributed by atoms with van der Waals surface area (Å²) in [5.74, 6) is 0.384. The van der Waals surface area contributed by atoms with Gasteiger partial charge in [0, 0.05) is 33.1 Å². The molecule has 8 heteroatoms. The van der Waals surface area contributed by atoms with Crippen LogP contribution in [-0.2, 0) is 17.6 Å². The molecular formula is C22H28Cl2N4O2. The molecule has 1 aliphatic heterocycles. The van der Waals surface area contributed by atoms with Crippen LogP contribution in [0.1, 0.15) is 49.4 Å². The Labute approximate surface area is 187 Å². The van der Waals surface area contributed by atoms with E-state index in [-0.39, 0.29) is 11.8 Å². The topological polar surface area (TPSA) is 58.4 Å². The highest BCUT2D eigenvalue weighted by Gasteiger charge is 2.30. The minimum absolute atomic E-state index is 0.0167. The zero-order chi connectivity index (χ0) is 22.0. The minimum atomic E-state index is -0.0167. The number of hydrogen-bond donors (Lipinski definition) is 0. The van der Waals surface area contributed by atoms with Crippen LogP contribution in [0.15, 0.2) is 18.2 Å². The average Bonchev–Trinajstić information content (AvgIpc) is 3.06. The van der Waals surface area contributed by atoms with Gasteiger partial charge < -0.3 is 9.80 Å². The SMILES string of the molecule is CCc1c(C(=O)N2CCN(C(C)=O)CC2)c(CC(C)C)nn1-c1ccc(Cl)c(Cl)c1. The van der Waals surface area contributed by atoms with Crippen molar-refractivity contribution in [2.45, 2.75) is 40.5 Å². The summed E-state index contributed by atoms with van der Waals surface area (Å²) in [6, 6.07) is 5.37. The fourth-order valence-electron chi connectivity index (χ4n) is 3.82. The van der Waals surface area contributed by atoms with Gasteiger partial charge in [0.25, 0.3) is 5.91 Å². The number of carbonyl (C=O) groups excluding carboxylic acids is 2. The van der Waals surface area contributed by atoms with E-state index in [1.807, 2.05) is 22.6 Å². The van der Waals surface area contributed by atoms with Crippen molar-refractivity contribution in [1.82, 2.24) is 19.6 Å². The molecule has 0 aliphatic carbocycles. The standard InChI is InChI=1S/C22H28Cl2N4O2/c1-5-20-21(22(30)27-10-8-26(9-11-27)15(4)29)19(12-14(2)3)25-28(20)16-6-7-17(23)18(24)13-16/h6-7,13-14H,5,8-12H2,1-4H3. The Hall–Kier alpha value is -2.05. The van der Waals surface area contributed by atoms with Gasteiger partial charge in [-0.3, -0.25) is 9.59 Å². The molecule has 1 aromatic heterocycles. The molecule has 1 fully saturated rings. The van der Waals surface area contributed by atoms with Crippen LogP contribution in [0.3, 0.4) is 0 Å². The summed E-state index contributed by atoms with van der Waals surface area (Å²) in [5, 5.41) is 5.75. The number of piperazine rings is 1. The molecule has 1 aromatic carbocycles. The normalized spacial score (nSPS) is 14.5. The van der Waals surface area contributed by atoms with Crippen molar-refractivity contribution in [2.24, 2.45) is 5.92 Å². The van der Waals surface area contributed by atoms with E-state index >= 15 is 0 Å². The summed E-state index contributed by atoms with van der Waals surface area (Å²) >= 11 is 12.3. The second-order valence-electron chi connectivity index (χ2n) is 8.03. The number of aromatic nitrogens is 2. The van der Waals surface area contributed by atoms with Crippen molar-refractivity contribution in [3.05, 3.63) is 45.2 Å². The number of rotatable bonds is 5. The molecule has 2 amide bonds. The fourth-order valence-corrected chi connectivity index (χ4v) is 4.11. The third-order valence-corrected chi connectivity index (χ3v) is 6.10. The lowest BCUT2D eigenvalue weighted by atomic mass is 10.0.